The summed E-state index contributed by atoms with van der Waals surface area (Å²) in [5, 5.41) is 7.16. The molecule has 4 rings (SSSR count). The van der Waals surface area contributed by atoms with Gasteiger partial charge in [-0.1, -0.05) is 6.92 Å². The zero-order valence-corrected chi connectivity index (χ0v) is 12.9. The Hall–Kier alpha value is -0.0800. The molecule has 0 aromatic carbocycles. The molecule has 4 saturated carbocycles. The SMILES string of the molecule is CCNCC(C)NCCC12CC3CC(CC(C3)C1)C2. The third kappa shape index (κ3) is 3.16. The summed E-state index contributed by atoms with van der Waals surface area (Å²) in [5.41, 5.74) is 0.750. The standard InChI is InChI=1S/C17H32N2/c1-3-18-12-13(2)19-5-4-17-9-14-6-15(10-17)8-16(7-14)11-17/h13-16,18-19H,3-12H2,1-2H3. The first kappa shape index (κ1) is 13.9. The van der Waals surface area contributed by atoms with Gasteiger partial charge >= 0.3 is 0 Å². The Kier molecular flexibility index (Phi) is 4.19. The number of hydrogen-bond acceptors (Lipinski definition) is 2. The Morgan fingerprint density at radius 1 is 1.05 bits per heavy atom. The average Bonchev–Trinajstić information content (AvgIpc) is 2.34. The number of nitrogens with one attached hydrogen (secondary N) is 2. The summed E-state index contributed by atoms with van der Waals surface area (Å²) in [6, 6.07) is 0.619. The van der Waals surface area contributed by atoms with Crippen LogP contribution in [0.15, 0.2) is 0 Å². The molecule has 0 heterocycles. The van der Waals surface area contributed by atoms with Gasteiger partial charge in [0, 0.05) is 12.6 Å². The van der Waals surface area contributed by atoms with Gasteiger partial charge in [-0.05, 0) is 88.1 Å². The quantitative estimate of drug-likeness (QED) is 0.738. The lowest BCUT2D eigenvalue weighted by Gasteiger charge is -2.57. The maximum atomic E-state index is 3.73. The predicted octanol–water partition coefficient (Wildman–Crippen LogP) is 3.18. The number of likely N-dealkylation sites (N-methyl/N-ethyl adjacent to an activating group) is 1. The van der Waals surface area contributed by atoms with Gasteiger partial charge in [-0.25, -0.2) is 0 Å². The minimum atomic E-state index is 0.619. The topological polar surface area (TPSA) is 24.1 Å². The van der Waals surface area contributed by atoms with E-state index in [1.54, 1.807) is 38.5 Å². The average molecular weight is 264 g/mol. The van der Waals surface area contributed by atoms with Crippen LogP contribution in [0.4, 0.5) is 0 Å². The van der Waals surface area contributed by atoms with Crippen molar-refractivity contribution in [1.82, 2.24) is 10.6 Å². The van der Waals surface area contributed by atoms with Crippen molar-refractivity contribution in [2.75, 3.05) is 19.6 Å². The highest BCUT2D eigenvalue weighted by Crippen LogP contribution is 2.61. The molecule has 0 aliphatic heterocycles. The molecular formula is C17H32N2. The second-order valence-electron chi connectivity index (χ2n) is 7.83. The van der Waals surface area contributed by atoms with E-state index in [2.05, 4.69) is 24.5 Å². The number of rotatable bonds is 7. The molecule has 110 valence electrons. The van der Waals surface area contributed by atoms with Gasteiger partial charge in [0.05, 0.1) is 0 Å². The molecule has 2 N–H and O–H groups in total. The molecule has 0 aromatic heterocycles. The molecule has 4 fully saturated rings. The number of hydrogen-bond donors (Lipinski definition) is 2. The highest BCUT2D eigenvalue weighted by atomic mass is 15.0. The van der Waals surface area contributed by atoms with E-state index in [4.69, 9.17) is 0 Å². The van der Waals surface area contributed by atoms with E-state index in [0.717, 1.165) is 36.3 Å². The molecule has 4 aliphatic rings. The lowest BCUT2D eigenvalue weighted by Crippen LogP contribution is -2.47. The lowest BCUT2D eigenvalue weighted by molar-refractivity contribution is -0.0569. The molecule has 0 radical (unpaired) electrons. The van der Waals surface area contributed by atoms with Crippen molar-refractivity contribution in [3.63, 3.8) is 0 Å². The summed E-state index contributed by atoms with van der Waals surface area (Å²) in [6.07, 6.45) is 10.8. The highest BCUT2D eigenvalue weighted by Gasteiger charge is 2.50. The first-order valence-electron chi connectivity index (χ1n) is 8.63. The van der Waals surface area contributed by atoms with Crippen molar-refractivity contribution < 1.29 is 0 Å². The van der Waals surface area contributed by atoms with E-state index >= 15 is 0 Å². The van der Waals surface area contributed by atoms with E-state index in [-0.39, 0.29) is 0 Å². The molecule has 2 heteroatoms. The normalized spacial score (nSPS) is 41.7. The molecule has 19 heavy (non-hydrogen) atoms. The molecule has 1 unspecified atom stereocenters. The molecule has 0 saturated heterocycles. The molecule has 1 atom stereocenters. The first-order valence-corrected chi connectivity index (χ1v) is 8.63. The van der Waals surface area contributed by atoms with Crippen LogP contribution in [0.25, 0.3) is 0 Å². The van der Waals surface area contributed by atoms with Gasteiger partial charge in [0.2, 0.25) is 0 Å². The van der Waals surface area contributed by atoms with Gasteiger partial charge in [0.25, 0.3) is 0 Å². The fourth-order valence-corrected chi connectivity index (χ4v) is 5.61. The minimum Gasteiger partial charge on any atom is -0.315 e. The van der Waals surface area contributed by atoms with E-state index in [9.17, 15) is 0 Å². The summed E-state index contributed by atoms with van der Waals surface area (Å²) in [4.78, 5) is 0. The van der Waals surface area contributed by atoms with Crippen LogP contribution in [0.3, 0.4) is 0 Å². The maximum Gasteiger partial charge on any atom is 0.0164 e. The fraction of sp³-hybridized carbons (Fsp3) is 1.00. The molecule has 0 aromatic rings. The monoisotopic (exact) mass is 264 g/mol. The second-order valence-corrected chi connectivity index (χ2v) is 7.83. The van der Waals surface area contributed by atoms with Crippen LogP contribution in [0.2, 0.25) is 0 Å². The molecule has 4 bridgehead atoms. The largest absolute Gasteiger partial charge is 0.315 e. The van der Waals surface area contributed by atoms with Gasteiger partial charge in [-0.2, -0.15) is 0 Å². The van der Waals surface area contributed by atoms with E-state index in [1.807, 2.05) is 0 Å². The van der Waals surface area contributed by atoms with Crippen LogP contribution in [0, 0.1) is 23.2 Å². The van der Waals surface area contributed by atoms with Gasteiger partial charge in [0.15, 0.2) is 0 Å². The molecule has 0 amide bonds. The van der Waals surface area contributed by atoms with Gasteiger partial charge in [0.1, 0.15) is 0 Å². The molecule has 2 nitrogen and oxygen atoms in total. The van der Waals surface area contributed by atoms with Crippen molar-refractivity contribution in [1.29, 1.82) is 0 Å². The van der Waals surface area contributed by atoms with Gasteiger partial charge < -0.3 is 10.6 Å². The van der Waals surface area contributed by atoms with Crippen LogP contribution in [0.5, 0.6) is 0 Å². The van der Waals surface area contributed by atoms with Gasteiger partial charge in [-0.3, -0.25) is 0 Å². The Morgan fingerprint density at radius 3 is 2.16 bits per heavy atom. The third-order valence-electron chi connectivity index (χ3n) is 6.01. The summed E-state index contributed by atoms with van der Waals surface area (Å²) >= 11 is 0. The van der Waals surface area contributed by atoms with Gasteiger partial charge in [-0.15, -0.1) is 0 Å². The van der Waals surface area contributed by atoms with Crippen LogP contribution < -0.4 is 10.6 Å². The predicted molar refractivity (Wildman–Crippen MR) is 81.2 cm³/mol. The van der Waals surface area contributed by atoms with Crippen molar-refractivity contribution in [2.45, 2.75) is 64.8 Å². The van der Waals surface area contributed by atoms with Crippen molar-refractivity contribution in [3.8, 4) is 0 Å². The van der Waals surface area contributed by atoms with Crippen molar-refractivity contribution in [3.05, 3.63) is 0 Å². The molecular weight excluding hydrogens is 232 g/mol. The fourth-order valence-electron chi connectivity index (χ4n) is 5.61. The summed E-state index contributed by atoms with van der Waals surface area (Å²) in [5.74, 6) is 3.31. The summed E-state index contributed by atoms with van der Waals surface area (Å²) < 4.78 is 0. The van der Waals surface area contributed by atoms with Crippen LogP contribution in [0.1, 0.15) is 58.8 Å². The van der Waals surface area contributed by atoms with E-state index in [0.29, 0.717) is 6.04 Å². The van der Waals surface area contributed by atoms with Crippen LogP contribution in [-0.2, 0) is 0 Å². The Labute approximate surface area is 119 Å². The Morgan fingerprint density at radius 2 is 1.63 bits per heavy atom. The maximum absolute atomic E-state index is 3.73. The lowest BCUT2D eigenvalue weighted by atomic mass is 9.49. The van der Waals surface area contributed by atoms with Crippen LogP contribution >= 0.6 is 0 Å². The first-order chi connectivity index (χ1) is 9.19. The zero-order valence-electron chi connectivity index (χ0n) is 12.9. The Balaban J connectivity index is 1.45. The highest BCUT2D eigenvalue weighted by molar-refractivity contribution is 5.01. The molecule has 4 aliphatic carbocycles. The summed E-state index contributed by atoms with van der Waals surface area (Å²) in [7, 11) is 0. The van der Waals surface area contributed by atoms with Crippen molar-refractivity contribution >= 4 is 0 Å². The molecule has 0 spiro atoms. The van der Waals surface area contributed by atoms with E-state index in [1.165, 1.54) is 13.0 Å². The van der Waals surface area contributed by atoms with Crippen LogP contribution in [-0.4, -0.2) is 25.7 Å². The zero-order chi connectivity index (χ0) is 13.3. The Bertz CT molecular complexity index is 264. The smallest absolute Gasteiger partial charge is 0.0164 e. The third-order valence-corrected chi connectivity index (χ3v) is 6.01. The second kappa shape index (κ2) is 5.73. The van der Waals surface area contributed by atoms with Crippen molar-refractivity contribution in [2.24, 2.45) is 23.2 Å². The minimum absolute atomic E-state index is 0.619. The van der Waals surface area contributed by atoms with E-state index < -0.39 is 0 Å². The summed E-state index contributed by atoms with van der Waals surface area (Å²) in [6.45, 7) is 7.92.